The van der Waals surface area contributed by atoms with Crippen LogP contribution in [0.1, 0.15) is 26.5 Å². The first-order valence-electron chi connectivity index (χ1n) is 4.31. The lowest BCUT2D eigenvalue weighted by Crippen LogP contribution is -2.12. The topological polar surface area (TPSA) is 37.8 Å². The maximum Gasteiger partial charge on any atom is 0.223 e. The second kappa shape index (κ2) is 4.04. The molecule has 0 atom stereocenters. The van der Waals surface area contributed by atoms with Gasteiger partial charge < -0.3 is 5.32 Å². The zero-order valence-electron chi connectivity index (χ0n) is 7.83. The number of nitrogens with one attached hydrogen (secondary N) is 1. The summed E-state index contributed by atoms with van der Waals surface area (Å²) >= 11 is 0. The largest absolute Gasteiger partial charge is 0.352 e. The van der Waals surface area contributed by atoms with E-state index in [0.717, 1.165) is 18.1 Å². The SMILES string of the molecule is CCc1ccnc(NC(C)C)n1. The summed E-state index contributed by atoms with van der Waals surface area (Å²) in [5, 5.41) is 3.16. The number of nitrogens with zero attached hydrogens (tertiary/aromatic N) is 2. The van der Waals surface area contributed by atoms with Crippen molar-refractivity contribution in [3.05, 3.63) is 18.0 Å². The molecule has 1 aromatic heterocycles. The average Bonchev–Trinajstić information content (AvgIpc) is 2.03. The normalized spacial score (nSPS) is 10.3. The van der Waals surface area contributed by atoms with Crippen molar-refractivity contribution in [1.29, 1.82) is 0 Å². The first-order valence-corrected chi connectivity index (χ1v) is 4.31. The summed E-state index contributed by atoms with van der Waals surface area (Å²) in [5.74, 6) is 0.726. The summed E-state index contributed by atoms with van der Waals surface area (Å²) in [7, 11) is 0. The molecular formula is C9H15N3. The lowest BCUT2D eigenvalue weighted by Gasteiger charge is -2.07. The van der Waals surface area contributed by atoms with E-state index in [1.165, 1.54) is 0 Å². The van der Waals surface area contributed by atoms with E-state index >= 15 is 0 Å². The van der Waals surface area contributed by atoms with Crippen LogP contribution < -0.4 is 5.32 Å². The highest BCUT2D eigenvalue weighted by Crippen LogP contribution is 2.02. The Morgan fingerprint density at radius 1 is 1.50 bits per heavy atom. The molecule has 1 aromatic rings. The Morgan fingerprint density at radius 3 is 2.83 bits per heavy atom. The zero-order valence-corrected chi connectivity index (χ0v) is 7.83. The Labute approximate surface area is 73.2 Å². The van der Waals surface area contributed by atoms with Gasteiger partial charge in [0.1, 0.15) is 0 Å². The van der Waals surface area contributed by atoms with Crippen molar-refractivity contribution < 1.29 is 0 Å². The summed E-state index contributed by atoms with van der Waals surface area (Å²) in [4.78, 5) is 8.41. The summed E-state index contributed by atoms with van der Waals surface area (Å²) in [6.45, 7) is 6.23. The minimum Gasteiger partial charge on any atom is -0.352 e. The van der Waals surface area contributed by atoms with Gasteiger partial charge >= 0.3 is 0 Å². The maximum atomic E-state index is 4.31. The van der Waals surface area contributed by atoms with Crippen molar-refractivity contribution in [1.82, 2.24) is 9.97 Å². The van der Waals surface area contributed by atoms with Crippen LogP contribution in [0, 0.1) is 0 Å². The van der Waals surface area contributed by atoms with Crippen molar-refractivity contribution in [3.63, 3.8) is 0 Å². The number of aryl methyl sites for hydroxylation is 1. The van der Waals surface area contributed by atoms with E-state index in [9.17, 15) is 0 Å². The molecule has 0 spiro atoms. The van der Waals surface area contributed by atoms with Crippen LogP contribution in [-0.4, -0.2) is 16.0 Å². The Morgan fingerprint density at radius 2 is 2.25 bits per heavy atom. The molecule has 1 heterocycles. The molecule has 3 heteroatoms. The van der Waals surface area contributed by atoms with E-state index in [1.807, 2.05) is 6.07 Å². The second-order valence-electron chi connectivity index (χ2n) is 3.02. The maximum absolute atomic E-state index is 4.31. The van der Waals surface area contributed by atoms with Gasteiger partial charge in [0.25, 0.3) is 0 Å². The molecule has 0 bridgehead atoms. The fourth-order valence-corrected chi connectivity index (χ4v) is 0.921. The molecule has 0 fully saturated rings. The predicted molar refractivity (Wildman–Crippen MR) is 50.2 cm³/mol. The molecule has 0 aromatic carbocycles. The number of rotatable bonds is 3. The molecule has 0 aliphatic carbocycles. The highest BCUT2D eigenvalue weighted by molar-refractivity contribution is 5.25. The van der Waals surface area contributed by atoms with Gasteiger partial charge in [-0.05, 0) is 26.3 Å². The number of anilines is 1. The van der Waals surface area contributed by atoms with Crippen molar-refractivity contribution in [2.75, 3.05) is 5.32 Å². The molecule has 0 unspecified atom stereocenters. The van der Waals surface area contributed by atoms with Gasteiger partial charge in [0.05, 0.1) is 0 Å². The Kier molecular flexibility index (Phi) is 3.02. The third-order valence-electron chi connectivity index (χ3n) is 1.49. The average molecular weight is 165 g/mol. The highest BCUT2D eigenvalue weighted by Gasteiger charge is 1.98. The third-order valence-corrected chi connectivity index (χ3v) is 1.49. The van der Waals surface area contributed by atoms with Crippen LogP contribution in [-0.2, 0) is 6.42 Å². The number of hydrogen-bond acceptors (Lipinski definition) is 3. The van der Waals surface area contributed by atoms with Crippen molar-refractivity contribution in [2.24, 2.45) is 0 Å². The van der Waals surface area contributed by atoms with Crippen LogP contribution in [0.3, 0.4) is 0 Å². The van der Waals surface area contributed by atoms with Gasteiger partial charge in [0, 0.05) is 17.9 Å². The molecule has 0 radical (unpaired) electrons. The van der Waals surface area contributed by atoms with Gasteiger partial charge in [0.2, 0.25) is 5.95 Å². The molecule has 0 saturated carbocycles. The Hall–Kier alpha value is -1.12. The molecule has 1 N–H and O–H groups in total. The highest BCUT2D eigenvalue weighted by atomic mass is 15.1. The summed E-state index contributed by atoms with van der Waals surface area (Å²) < 4.78 is 0. The first kappa shape index (κ1) is 8.97. The zero-order chi connectivity index (χ0) is 8.97. The quantitative estimate of drug-likeness (QED) is 0.742. The summed E-state index contributed by atoms with van der Waals surface area (Å²) in [6.07, 6.45) is 2.74. The molecule has 0 aliphatic heterocycles. The molecule has 0 aliphatic rings. The lowest BCUT2D eigenvalue weighted by atomic mass is 10.3. The minimum atomic E-state index is 0.386. The van der Waals surface area contributed by atoms with E-state index in [1.54, 1.807) is 6.20 Å². The van der Waals surface area contributed by atoms with Gasteiger partial charge in [-0.3, -0.25) is 0 Å². The van der Waals surface area contributed by atoms with E-state index in [0.29, 0.717) is 6.04 Å². The second-order valence-corrected chi connectivity index (χ2v) is 3.02. The van der Waals surface area contributed by atoms with Crippen LogP contribution in [0.4, 0.5) is 5.95 Å². The Bertz CT molecular complexity index is 245. The summed E-state index contributed by atoms with van der Waals surface area (Å²) in [6, 6.07) is 2.32. The molecule has 66 valence electrons. The van der Waals surface area contributed by atoms with E-state index < -0.39 is 0 Å². The monoisotopic (exact) mass is 165 g/mol. The number of aromatic nitrogens is 2. The van der Waals surface area contributed by atoms with E-state index in [-0.39, 0.29) is 0 Å². The van der Waals surface area contributed by atoms with E-state index in [4.69, 9.17) is 0 Å². The molecule has 12 heavy (non-hydrogen) atoms. The van der Waals surface area contributed by atoms with E-state index in [2.05, 4.69) is 36.1 Å². The summed E-state index contributed by atoms with van der Waals surface area (Å²) in [5.41, 5.74) is 1.08. The van der Waals surface area contributed by atoms with Gasteiger partial charge in [-0.1, -0.05) is 6.92 Å². The van der Waals surface area contributed by atoms with Gasteiger partial charge in [0.15, 0.2) is 0 Å². The van der Waals surface area contributed by atoms with Gasteiger partial charge in [-0.2, -0.15) is 0 Å². The minimum absolute atomic E-state index is 0.386. The van der Waals surface area contributed by atoms with Crippen LogP contribution in [0.15, 0.2) is 12.3 Å². The molecule has 3 nitrogen and oxygen atoms in total. The van der Waals surface area contributed by atoms with Crippen molar-refractivity contribution >= 4 is 5.95 Å². The van der Waals surface area contributed by atoms with Gasteiger partial charge in [-0.25, -0.2) is 9.97 Å². The fraction of sp³-hybridized carbons (Fsp3) is 0.556. The molecular weight excluding hydrogens is 150 g/mol. The molecule has 0 amide bonds. The predicted octanol–water partition coefficient (Wildman–Crippen LogP) is 1.86. The fourth-order valence-electron chi connectivity index (χ4n) is 0.921. The first-order chi connectivity index (χ1) is 5.72. The number of hydrogen-bond donors (Lipinski definition) is 1. The lowest BCUT2D eigenvalue weighted by molar-refractivity contribution is 0.864. The van der Waals surface area contributed by atoms with Crippen LogP contribution in [0.25, 0.3) is 0 Å². The van der Waals surface area contributed by atoms with Gasteiger partial charge in [-0.15, -0.1) is 0 Å². The van der Waals surface area contributed by atoms with Crippen LogP contribution in [0.2, 0.25) is 0 Å². The molecule has 0 saturated heterocycles. The van der Waals surface area contributed by atoms with Crippen molar-refractivity contribution in [3.8, 4) is 0 Å². The van der Waals surface area contributed by atoms with Crippen LogP contribution >= 0.6 is 0 Å². The smallest absolute Gasteiger partial charge is 0.223 e. The molecule has 1 rings (SSSR count). The third kappa shape index (κ3) is 2.49. The Balaban J connectivity index is 2.72. The standard InChI is InChI=1S/C9H15N3/c1-4-8-5-6-10-9(12-8)11-7(2)3/h5-7H,4H2,1-3H3,(H,10,11,12). The van der Waals surface area contributed by atoms with Crippen molar-refractivity contribution in [2.45, 2.75) is 33.2 Å². The van der Waals surface area contributed by atoms with Crippen LogP contribution in [0.5, 0.6) is 0 Å².